The Labute approximate surface area is 118 Å². The normalized spacial score (nSPS) is 12.1. The van der Waals surface area contributed by atoms with Crippen molar-refractivity contribution < 1.29 is 14.7 Å². The fourth-order valence-corrected chi connectivity index (χ4v) is 1.49. The molecule has 0 fully saturated rings. The largest absolute Gasteiger partial charge is 0.494 e. The van der Waals surface area contributed by atoms with Gasteiger partial charge in [-0.1, -0.05) is 18.1 Å². The molecule has 0 saturated carbocycles. The van der Waals surface area contributed by atoms with Gasteiger partial charge in [0, 0.05) is 5.56 Å². The van der Waals surface area contributed by atoms with Gasteiger partial charge in [0.15, 0.2) is 5.84 Å². The Morgan fingerprint density at radius 3 is 2.80 bits per heavy atom. The van der Waals surface area contributed by atoms with Crippen molar-refractivity contribution in [3.63, 3.8) is 0 Å². The third kappa shape index (κ3) is 4.15. The van der Waals surface area contributed by atoms with Crippen LogP contribution in [0.3, 0.4) is 0 Å². The van der Waals surface area contributed by atoms with Crippen LogP contribution in [0.1, 0.15) is 37.6 Å². The van der Waals surface area contributed by atoms with Crippen LogP contribution >= 0.6 is 0 Å². The molecule has 6 nitrogen and oxygen atoms in total. The van der Waals surface area contributed by atoms with Crippen LogP contribution in [0.4, 0.5) is 0 Å². The molecular formula is C14H21N3O3. The predicted molar refractivity (Wildman–Crippen MR) is 77.2 cm³/mol. The number of nitrogens with two attached hydrogens (primary N) is 1. The molecule has 0 aliphatic carbocycles. The molecule has 0 bridgehead atoms. The van der Waals surface area contributed by atoms with Gasteiger partial charge in [-0.3, -0.25) is 4.79 Å². The average Bonchev–Trinajstić information content (AvgIpc) is 2.43. The lowest BCUT2D eigenvalue weighted by molar-refractivity contribution is 0.0930. The molecule has 1 aromatic carbocycles. The highest BCUT2D eigenvalue weighted by atomic mass is 16.5. The van der Waals surface area contributed by atoms with Crippen molar-refractivity contribution in [2.24, 2.45) is 10.9 Å². The van der Waals surface area contributed by atoms with E-state index in [2.05, 4.69) is 10.5 Å². The van der Waals surface area contributed by atoms with E-state index in [0.29, 0.717) is 17.9 Å². The number of amides is 1. The molecule has 0 spiro atoms. The first kappa shape index (κ1) is 15.8. The van der Waals surface area contributed by atoms with E-state index in [0.717, 1.165) is 6.42 Å². The summed E-state index contributed by atoms with van der Waals surface area (Å²) in [6.07, 6.45) is 0.896. The molecule has 0 unspecified atom stereocenters. The molecule has 6 heteroatoms. The summed E-state index contributed by atoms with van der Waals surface area (Å²) in [5.74, 6) is 0.258. The van der Waals surface area contributed by atoms with E-state index in [-0.39, 0.29) is 11.7 Å². The first-order chi connectivity index (χ1) is 9.40. The van der Waals surface area contributed by atoms with Crippen molar-refractivity contribution in [1.82, 2.24) is 5.32 Å². The number of ether oxygens (including phenoxy) is 1. The number of rotatable bonds is 6. The lowest BCUT2D eigenvalue weighted by atomic mass is 10.0. The van der Waals surface area contributed by atoms with Gasteiger partial charge < -0.3 is 21.0 Å². The third-order valence-corrected chi connectivity index (χ3v) is 2.74. The minimum Gasteiger partial charge on any atom is -0.494 e. The molecule has 1 rings (SSSR count). The molecular weight excluding hydrogens is 258 g/mol. The molecule has 4 N–H and O–H groups in total. The standard InChI is InChI=1S/C14H21N3O3/c1-4-8-20-11-7-5-6-10(9-11)12(18)16-14(2,3)13(15)17-19/h5-7,9,19H,4,8H2,1-3H3,(H2,15,17)(H,16,18). The molecule has 0 saturated heterocycles. The van der Waals surface area contributed by atoms with Crippen molar-refractivity contribution >= 4 is 11.7 Å². The number of carbonyl (C=O) groups is 1. The third-order valence-electron chi connectivity index (χ3n) is 2.74. The second-order valence-corrected chi connectivity index (χ2v) is 4.94. The number of benzene rings is 1. The van der Waals surface area contributed by atoms with Gasteiger partial charge in [-0.2, -0.15) is 0 Å². The van der Waals surface area contributed by atoms with Crippen molar-refractivity contribution in [3.8, 4) is 5.75 Å². The van der Waals surface area contributed by atoms with E-state index < -0.39 is 5.54 Å². The summed E-state index contributed by atoms with van der Waals surface area (Å²) in [6.45, 7) is 5.91. The van der Waals surface area contributed by atoms with Crippen molar-refractivity contribution in [2.75, 3.05) is 6.61 Å². The van der Waals surface area contributed by atoms with E-state index in [1.807, 2.05) is 6.92 Å². The van der Waals surface area contributed by atoms with Gasteiger partial charge in [-0.15, -0.1) is 0 Å². The summed E-state index contributed by atoms with van der Waals surface area (Å²) in [7, 11) is 0. The number of nitrogens with zero attached hydrogens (tertiary/aromatic N) is 1. The smallest absolute Gasteiger partial charge is 0.252 e. The fourth-order valence-electron chi connectivity index (χ4n) is 1.49. The quantitative estimate of drug-likeness (QED) is 0.320. The lowest BCUT2D eigenvalue weighted by Gasteiger charge is -2.24. The molecule has 20 heavy (non-hydrogen) atoms. The van der Waals surface area contributed by atoms with E-state index in [4.69, 9.17) is 15.7 Å². The summed E-state index contributed by atoms with van der Waals surface area (Å²) < 4.78 is 5.48. The van der Waals surface area contributed by atoms with Crippen LogP contribution in [-0.2, 0) is 0 Å². The van der Waals surface area contributed by atoms with Crippen LogP contribution in [-0.4, -0.2) is 29.1 Å². The van der Waals surface area contributed by atoms with Gasteiger partial charge in [0.2, 0.25) is 0 Å². The number of nitrogens with one attached hydrogen (secondary N) is 1. The number of oxime groups is 1. The molecule has 0 heterocycles. The molecule has 0 radical (unpaired) electrons. The van der Waals surface area contributed by atoms with E-state index in [1.54, 1.807) is 38.1 Å². The van der Waals surface area contributed by atoms with Gasteiger partial charge in [0.1, 0.15) is 5.75 Å². The number of hydrogen-bond donors (Lipinski definition) is 3. The van der Waals surface area contributed by atoms with Crippen molar-refractivity contribution in [3.05, 3.63) is 29.8 Å². The highest BCUT2D eigenvalue weighted by Gasteiger charge is 2.26. The Hall–Kier alpha value is -2.24. The van der Waals surface area contributed by atoms with Crippen LogP contribution in [0, 0.1) is 0 Å². The van der Waals surface area contributed by atoms with Crippen LogP contribution < -0.4 is 15.8 Å². The van der Waals surface area contributed by atoms with Crippen molar-refractivity contribution in [1.29, 1.82) is 0 Å². The van der Waals surface area contributed by atoms with Crippen LogP contribution in [0.5, 0.6) is 5.75 Å². The summed E-state index contributed by atoms with van der Waals surface area (Å²) in [4.78, 5) is 12.1. The summed E-state index contributed by atoms with van der Waals surface area (Å²) >= 11 is 0. The highest BCUT2D eigenvalue weighted by Crippen LogP contribution is 2.14. The molecule has 110 valence electrons. The Balaban J connectivity index is 2.82. The average molecular weight is 279 g/mol. The SMILES string of the molecule is CCCOc1cccc(C(=O)NC(C)(C)C(N)=NO)c1. The molecule has 0 aromatic heterocycles. The minimum absolute atomic E-state index is 0.0655. The van der Waals surface area contributed by atoms with Gasteiger partial charge in [-0.05, 0) is 38.5 Å². The molecule has 0 atom stereocenters. The molecule has 1 amide bonds. The maximum atomic E-state index is 12.1. The zero-order valence-electron chi connectivity index (χ0n) is 12.0. The second-order valence-electron chi connectivity index (χ2n) is 4.94. The zero-order chi connectivity index (χ0) is 15.2. The van der Waals surface area contributed by atoms with Crippen LogP contribution in [0.15, 0.2) is 29.4 Å². The van der Waals surface area contributed by atoms with Gasteiger partial charge >= 0.3 is 0 Å². The Kier molecular flexibility index (Phi) is 5.37. The number of carbonyl (C=O) groups excluding carboxylic acids is 1. The van der Waals surface area contributed by atoms with Crippen molar-refractivity contribution in [2.45, 2.75) is 32.7 Å². The monoisotopic (exact) mass is 279 g/mol. The molecule has 0 aliphatic rings. The first-order valence-corrected chi connectivity index (χ1v) is 6.44. The first-order valence-electron chi connectivity index (χ1n) is 6.44. The zero-order valence-corrected chi connectivity index (χ0v) is 12.0. The number of amidine groups is 1. The Bertz CT molecular complexity index is 498. The Morgan fingerprint density at radius 2 is 2.20 bits per heavy atom. The highest BCUT2D eigenvalue weighted by molar-refractivity contribution is 6.00. The minimum atomic E-state index is -0.938. The summed E-state index contributed by atoms with van der Waals surface area (Å²) in [6, 6.07) is 6.88. The lowest BCUT2D eigenvalue weighted by Crippen LogP contribution is -2.53. The van der Waals surface area contributed by atoms with E-state index >= 15 is 0 Å². The Morgan fingerprint density at radius 1 is 1.50 bits per heavy atom. The van der Waals surface area contributed by atoms with Gasteiger partial charge in [-0.25, -0.2) is 0 Å². The topological polar surface area (TPSA) is 96.9 Å². The molecule has 1 aromatic rings. The summed E-state index contributed by atoms with van der Waals surface area (Å²) in [5, 5.41) is 14.3. The summed E-state index contributed by atoms with van der Waals surface area (Å²) in [5.41, 5.74) is 5.05. The molecule has 0 aliphatic heterocycles. The van der Waals surface area contributed by atoms with Crippen LogP contribution in [0.25, 0.3) is 0 Å². The fraction of sp³-hybridized carbons (Fsp3) is 0.429. The number of hydrogen-bond acceptors (Lipinski definition) is 4. The van der Waals surface area contributed by atoms with Gasteiger partial charge in [0.05, 0.1) is 12.1 Å². The maximum absolute atomic E-state index is 12.1. The van der Waals surface area contributed by atoms with E-state index in [9.17, 15) is 4.79 Å². The van der Waals surface area contributed by atoms with Gasteiger partial charge in [0.25, 0.3) is 5.91 Å². The predicted octanol–water partition coefficient (Wildman–Crippen LogP) is 1.73. The second kappa shape index (κ2) is 6.79. The van der Waals surface area contributed by atoms with Crippen LogP contribution in [0.2, 0.25) is 0 Å². The van der Waals surface area contributed by atoms with E-state index in [1.165, 1.54) is 0 Å². The maximum Gasteiger partial charge on any atom is 0.252 e.